The van der Waals surface area contributed by atoms with Gasteiger partial charge in [0.2, 0.25) is 5.91 Å². The first-order valence-corrected chi connectivity index (χ1v) is 10.5. The zero-order valence-corrected chi connectivity index (χ0v) is 16.4. The minimum Gasteiger partial charge on any atom is -0.334 e. The third-order valence-corrected chi connectivity index (χ3v) is 6.61. The smallest absolute Gasteiger partial charge is 0.254 e. The average molecular weight is 384 g/mol. The Bertz CT molecular complexity index is 855. The summed E-state index contributed by atoms with van der Waals surface area (Å²) in [5.74, 6) is 0.0761. The molecule has 2 aliphatic rings. The monoisotopic (exact) mass is 383 g/mol. The second-order valence-electron chi connectivity index (χ2n) is 7.36. The largest absolute Gasteiger partial charge is 0.334 e. The van der Waals surface area contributed by atoms with E-state index in [-0.39, 0.29) is 17.7 Å². The van der Waals surface area contributed by atoms with Gasteiger partial charge < -0.3 is 15.5 Å². The van der Waals surface area contributed by atoms with Crippen molar-refractivity contribution < 1.29 is 9.59 Å². The van der Waals surface area contributed by atoms with E-state index in [0.717, 1.165) is 50.1 Å². The number of nitrogens with zero attached hydrogens (tertiary/aromatic N) is 1. The summed E-state index contributed by atoms with van der Waals surface area (Å²) in [5.41, 5.74) is 3.51. The van der Waals surface area contributed by atoms with Crippen LogP contribution in [0.3, 0.4) is 0 Å². The molecule has 4 rings (SSSR count). The first kappa shape index (κ1) is 18.2. The third kappa shape index (κ3) is 3.77. The van der Waals surface area contributed by atoms with E-state index in [2.05, 4.69) is 22.1 Å². The van der Waals surface area contributed by atoms with Crippen molar-refractivity contribution in [2.24, 2.45) is 5.92 Å². The fourth-order valence-corrected chi connectivity index (χ4v) is 4.79. The molecular formula is C21H25N3O2S. The van der Waals surface area contributed by atoms with E-state index < -0.39 is 0 Å². The quantitative estimate of drug-likeness (QED) is 0.856. The summed E-state index contributed by atoms with van der Waals surface area (Å²) in [4.78, 5) is 29.0. The van der Waals surface area contributed by atoms with Gasteiger partial charge in [-0.1, -0.05) is 6.07 Å². The van der Waals surface area contributed by atoms with Gasteiger partial charge in [-0.15, -0.1) is 11.3 Å². The molecular weight excluding hydrogens is 358 g/mol. The molecule has 27 heavy (non-hydrogen) atoms. The lowest BCUT2D eigenvalue weighted by Crippen LogP contribution is -2.37. The Morgan fingerprint density at radius 1 is 1.30 bits per heavy atom. The van der Waals surface area contributed by atoms with E-state index in [9.17, 15) is 9.59 Å². The van der Waals surface area contributed by atoms with Crippen LogP contribution in [-0.2, 0) is 17.8 Å². The number of carbonyl (C=O) groups is 2. The van der Waals surface area contributed by atoms with Gasteiger partial charge in [-0.2, -0.15) is 0 Å². The molecule has 6 heteroatoms. The van der Waals surface area contributed by atoms with Gasteiger partial charge >= 0.3 is 0 Å². The minimum atomic E-state index is -0.00314. The van der Waals surface area contributed by atoms with Crippen LogP contribution in [0, 0.1) is 12.8 Å². The lowest BCUT2D eigenvalue weighted by atomic mass is 9.98. The summed E-state index contributed by atoms with van der Waals surface area (Å²) in [7, 11) is 0. The highest BCUT2D eigenvalue weighted by atomic mass is 32.1. The molecule has 2 aliphatic heterocycles. The van der Waals surface area contributed by atoms with E-state index in [1.165, 1.54) is 10.4 Å². The Kier molecular flexibility index (Phi) is 5.27. The summed E-state index contributed by atoms with van der Waals surface area (Å²) in [6, 6.07) is 7.71. The van der Waals surface area contributed by atoms with E-state index in [1.54, 1.807) is 11.3 Å². The van der Waals surface area contributed by atoms with Gasteiger partial charge in [0, 0.05) is 35.8 Å². The molecule has 0 bridgehead atoms. The van der Waals surface area contributed by atoms with Crippen molar-refractivity contribution in [3.8, 4) is 0 Å². The number of thiophene rings is 1. The zero-order valence-electron chi connectivity index (χ0n) is 15.6. The summed E-state index contributed by atoms with van der Waals surface area (Å²) >= 11 is 1.77. The van der Waals surface area contributed by atoms with Crippen LogP contribution in [0.15, 0.2) is 29.6 Å². The Morgan fingerprint density at radius 3 is 3.00 bits per heavy atom. The number of amides is 2. The molecule has 0 aliphatic carbocycles. The van der Waals surface area contributed by atoms with E-state index >= 15 is 0 Å². The van der Waals surface area contributed by atoms with Crippen molar-refractivity contribution in [3.63, 3.8) is 0 Å². The molecule has 1 aromatic heterocycles. The fraction of sp³-hybridized carbons (Fsp3) is 0.429. The molecule has 1 unspecified atom stereocenters. The van der Waals surface area contributed by atoms with Gasteiger partial charge in [-0.25, -0.2) is 0 Å². The van der Waals surface area contributed by atoms with Crippen molar-refractivity contribution in [1.29, 1.82) is 0 Å². The SMILES string of the molecule is Cc1c(NC(=O)C2CCCNC2)cccc1C(=O)N1CCc2sccc2C1. The lowest BCUT2D eigenvalue weighted by Gasteiger charge is -2.28. The molecule has 1 atom stereocenters. The zero-order chi connectivity index (χ0) is 18.8. The second-order valence-corrected chi connectivity index (χ2v) is 8.36. The first-order chi connectivity index (χ1) is 13.1. The van der Waals surface area contributed by atoms with Crippen LogP contribution in [0.4, 0.5) is 5.69 Å². The number of nitrogens with one attached hydrogen (secondary N) is 2. The molecule has 2 aromatic rings. The van der Waals surface area contributed by atoms with Crippen molar-refractivity contribution in [3.05, 3.63) is 51.2 Å². The number of hydrogen-bond donors (Lipinski definition) is 2. The maximum atomic E-state index is 13.1. The Hall–Kier alpha value is -2.18. The molecule has 2 amide bonds. The van der Waals surface area contributed by atoms with E-state index in [0.29, 0.717) is 12.1 Å². The Morgan fingerprint density at radius 2 is 2.19 bits per heavy atom. The molecule has 1 aromatic carbocycles. The molecule has 5 nitrogen and oxygen atoms in total. The number of hydrogen-bond acceptors (Lipinski definition) is 4. The summed E-state index contributed by atoms with van der Waals surface area (Å²) < 4.78 is 0. The molecule has 1 fully saturated rings. The normalized spacial score (nSPS) is 19.4. The Balaban J connectivity index is 1.50. The van der Waals surface area contributed by atoms with Gasteiger partial charge in [-0.3, -0.25) is 9.59 Å². The van der Waals surface area contributed by atoms with Crippen LogP contribution >= 0.6 is 11.3 Å². The summed E-state index contributed by atoms with van der Waals surface area (Å²) in [5, 5.41) is 8.41. The number of fused-ring (bicyclic) bond motifs is 1. The van der Waals surface area contributed by atoms with E-state index in [4.69, 9.17) is 0 Å². The van der Waals surface area contributed by atoms with Crippen LogP contribution in [-0.4, -0.2) is 36.3 Å². The van der Waals surface area contributed by atoms with Crippen LogP contribution in [0.25, 0.3) is 0 Å². The third-order valence-electron chi connectivity index (χ3n) is 5.58. The van der Waals surface area contributed by atoms with Crippen molar-refractivity contribution >= 4 is 28.8 Å². The predicted molar refractivity (Wildman–Crippen MR) is 108 cm³/mol. The van der Waals surface area contributed by atoms with Gasteiger partial charge in [0.1, 0.15) is 0 Å². The molecule has 3 heterocycles. The van der Waals surface area contributed by atoms with Crippen LogP contribution < -0.4 is 10.6 Å². The van der Waals surface area contributed by atoms with Crippen LogP contribution in [0.1, 0.15) is 39.2 Å². The topological polar surface area (TPSA) is 61.4 Å². The summed E-state index contributed by atoms with van der Waals surface area (Å²) in [6.45, 7) is 5.04. The van der Waals surface area contributed by atoms with Gasteiger partial charge in [0.15, 0.2) is 0 Å². The Labute approximate surface area is 163 Å². The van der Waals surface area contributed by atoms with Crippen LogP contribution in [0.5, 0.6) is 0 Å². The highest BCUT2D eigenvalue weighted by Gasteiger charge is 2.25. The number of anilines is 1. The summed E-state index contributed by atoms with van der Waals surface area (Å²) in [6.07, 6.45) is 2.85. The molecule has 2 N–H and O–H groups in total. The highest BCUT2D eigenvalue weighted by molar-refractivity contribution is 7.10. The van der Waals surface area contributed by atoms with Gasteiger partial charge in [-0.05, 0) is 67.4 Å². The minimum absolute atomic E-state index is 0.00314. The standard InChI is InChI=1S/C21H25N3O2S/c1-14-17(21(26)24-10-7-19-16(13-24)8-11-27-19)5-2-6-18(14)23-20(25)15-4-3-9-22-12-15/h2,5-6,8,11,15,22H,3-4,7,9-10,12-13H2,1H3,(H,23,25). The molecule has 0 radical (unpaired) electrons. The second kappa shape index (κ2) is 7.82. The number of rotatable bonds is 3. The molecule has 142 valence electrons. The predicted octanol–water partition coefficient (Wildman–Crippen LogP) is 3.19. The van der Waals surface area contributed by atoms with E-state index in [1.807, 2.05) is 30.0 Å². The highest BCUT2D eigenvalue weighted by Crippen LogP contribution is 2.27. The maximum absolute atomic E-state index is 13.1. The average Bonchev–Trinajstić information content (AvgIpc) is 3.17. The lowest BCUT2D eigenvalue weighted by molar-refractivity contribution is -0.120. The number of piperidine rings is 1. The number of carbonyl (C=O) groups excluding carboxylic acids is 2. The van der Waals surface area contributed by atoms with Crippen molar-refractivity contribution in [1.82, 2.24) is 10.2 Å². The van der Waals surface area contributed by atoms with Crippen LogP contribution in [0.2, 0.25) is 0 Å². The molecule has 1 saturated heterocycles. The van der Waals surface area contributed by atoms with Crippen molar-refractivity contribution in [2.45, 2.75) is 32.7 Å². The van der Waals surface area contributed by atoms with Gasteiger partial charge in [0.25, 0.3) is 5.91 Å². The van der Waals surface area contributed by atoms with Gasteiger partial charge in [0.05, 0.1) is 5.92 Å². The maximum Gasteiger partial charge on any atom is 0.254 e. The molecule has 0 spiro atoms. The van der Waals surface area contributed by atoms with Crippen molar-refractivity contribution in [2.75, 3.05) is 25.0 Å². The first-order valence-electron chi connectivity index (χ1n) is 9.59. The molecule has 0 saturated carbocycles. The number of benzene rings is 1. The fourth-order valence-electron chi connectivity index (χ4n) is 3.91.